The second-order valence-electron chi connectivity index (χ2n) is 5.22. The number of aliphatic carboxylic acids is 1. The van der Waals surface area contributed by atoms with Gasteiger partial charge in [-0.25, -0.2) is 0 Å². The van der Waals surface area contributed by atoms with Crippen LogP contribution in [0.4, 0.5) is 5.82 Å². The molecule has 7 heteroatoms. The number of carboxylic acids is 1. The standard InChI is InChI=1S/C14H21N3O4/c1-2-11(21-10-5-3-4-6-10)14(20)15-12-7-8-17(16-12)9-13(18)19/h7-8,10-11H,2-6,9H2,1H3,(H,18,19)(H,15,16,20). The van der Waals surface area contributed by atoms with E-state index in [0.29, 0.717) is 12.2 Å². The quantitative estimate of drug-likeness (QED) is 0.797. The molecule has 0 saturated heterocycles. The third-order valence-electron chi connectivity index (χ3n) is 3.51. The van der Waals surface area contributed by atoms with Crippen LogP contribution in [-0.4, -0.2) is 39.0 Å². The average molecular weight is 295 g/mol. The molecule has 1 aromatic heterocycles. The Morgan fingerprint density at radius 3 is 2.86 bits per heavy atom. The van der Waals surface area contributed by atoms with E-state index in [0.717, 1.165) is 25.7 Å². The normalized spacial score (nSPS) is 16.8. The van der Waals surface area contributed by atoms with Gasteiger partial charge in [0.25, 0.3) is 5.91 Å². The topological polar surface area (TPSA) is 93.5 Å². The van der Waals surface area contributed by atoms with Gasteiger partial charge in [0.15, 0.2) is 5.82 Å². The van der Waals surface area contributed by atoms with Crippen LogP contribution in [0.15, 0.2) is 12.3 Å². The van der Waals surface area contributed by atoms with E-state index in [1.807, 2.05) is 6.92 Å². The molecule has 0 aromatic carbocycles. The lowest BCUT2D eigenvalue weighted by atomic mass is 10.2. The van der Waals surface area contributed by atoms with Crippen molar-refractivity contribution in [3.63, 3.8) is 0 Å². The molecule has 1 aliphatic rings. The highest BCUT2D eigenvalue weighted by molar-refractivity contribution is 5.93. The minimum atomic E-state index is -0.980. The molecule has 0 aliphatic heterocycles. The highest BCUT2D eigenvalue weighted by atomic mass is 16.5. The summed E-state index contributed by atoms with van der Waals surface area (Å²) in [5.41, 5.74) is 0. The third-order valence-corrected chi connectivity index (χ3v) is 3.51. The minimum Gasteiger partial charge on any atom is -0.480 e. The van der Waals surface area contributed by atoms with Gasteiger partial charge in [0.1, 0.15) is 12.6 Å². The summed E-state index contributed by atoms with van der Waals surface area (Å²) in [5, 5.41) is 15.3. The Morgan fingerprint density at radius 1 is 1.52 bits per heavy atom. The van der Waals surface area contributed by atoms with Crippen molar-refractivity contribution in [3.8, 4) is 0 Å². The number of nitrogens with zero attached hydrogens (tertiary/aromatic N) is 2. The fraction of sp³-hybridized carbons (Fsp3) is 0.643. The van der Waals surface area contributed by atoms with Gasteiger partial charge in [-0.3, -0.25) is 14.3 Å². The van der Waals surface area contributed by atoms with Crippen molar-refractivity contribution in [2.24, 2.45) is 0 Å². The highest BCUT2D eigenvalue weighted by Crippen LogP contribution is 2.23. The summed E-state index contributed by atoms with van der Waals surface area (Å²) in [5.74, 6) is -0.869. The molecule has 0 bridgehead atoms. The number of amides is 1. The summed E-state index contributed by atoms with van der Waals surface area (Å²) in [6.45, 7) is 1.67. The molecule has 1 amide bonds. The van der Waals surface area contributed by atoms with E-state index in [9.17, 15) is 9.59 Å². The summed E-state index contributed by atoms with van der Waals surface area (Å²) >= 11 is 0. The first-order valence-electron chi connectivity index (χ1n) is 7.30. The Kier molecular flexibility index (Phi) is 5.32. The molecule has 2 N–H and O–H groups in total. The molecule has 0 spiro atoms. The van der Waals surface area contributed by atoms with Crippen LogP contribution in [0.1, 0.15) is 39.0 Å². The van der Waals surface area contributed by atoms with Gasteiger partial charge in [-0.05, 0) is 19.3 Å². The fourth-order valence-electron chi connectivity index (χ4n) is 2.46. The zero-order chi connectivity index (χ0) is 15.2. The van der Waals surface area contributed by atoms with Gasteiger partial charge < -0.3 is 15.2 Å². The van der Waals surface area contributed by atoms with E-state index in [1.54, 1.807) is 6.07 Å². The van der Waals surface area contributed by atoms with Crippen molar-refractivity contribution in [2.75, 3.05) is 5.32 Å². The Balaban J connectivity index is 1.88. The van der Waals surface area contributed by atoms with Crippen molar-refractivity contribution in [1.82, 2.24) is 9.78 Å². The fourth-order valence-corrected chi connectivity index (χ4v) is 2.46. The number of rotatable bonds is 7. The van der Waals surface area contributed by atoms with Gasteiger partial charge in [0.2, 0.25) is 0 Å². The number of carbonyl (C=O) groups is 2. The van der Waals surface area contributed by atoms with E-state index >= 15 is 0 Å². The molecule has 0 radical (unpaired) electrons. The molecule has 1 atom stereocenters. The maximum atomic E-state index is 12.2. The molecule has 1 aromatic rings. The molecule has 1 saturated carbocycles. The van der Waals surface area contributed by atoms with Crippen molar-refractivity contribution in [1.29, 1.82) is 0 Å². The summed E-state index contributed by atoms with van der Waals surface area (Å²) < 4.78 is 7.09. The Labute approximate surface area is 123 Å². The number of hydrogen-bond acceptors (Lipinski definition) is 4. The number of ether oxygens (including phenoxy) is 1. The van der Waals surface area contributed by atoms with Crippen LogP contribution < -0.4 is 5.32 Å². The van der Waals surface area contributed by atoms with E-state index < -0.39 is 12.1 Å². The van der Waals surface area contributed by atoms with Crippen molar-refractivity contribution in [3.05, 3.63) is 12.3 Å². The largest absolute Gasteiger partial charge is 0.480 e. The number of hydrogen-bond donors (Lipinski definition) is 2. The lowest BCUT2D eigenvalue weighted by molar-refractivity contribution is -0.137. The molecular weight excluding hydrogens is 274 g/mol. The van der Waals surface area contributed by atoms with Crippen LogP contribution >= 0.6 is 0 Å². The monoisotopic (exact) mass is 295 g/mol. The van der Waals surface area contributed by atoms with Gasteiger partial charge in [0, 0.05) is 12.3 Å². The lowest BCUT2D eigenvalue weighted by Gasteiger charge is -2.19. The summed E-state index contributed by atoms with van der Waals surface area (Å²) in [7, 11) is 0. The molecule has 7 nitrogen and oxygen atoms in total. The minimum absolute atomic E-state index is 0.172. The molecular formula is C14H21N3O4. The molecule has 1 aliphatic carbocycles. The predicted molar refractivity (Wildman–Crippen MR) is 75.9 cm³/mol. The summed E-state index contributed by atoms with van der Waals surface area (Å²) in [6, 6.07) is 1.57. The Morgan fingerprint density at radius 2 is 2.24 bits per heavy atom. The maximum absolute atomic E-state index is 12.2. The number of carboxylic acid groups (broad SMARTS) is 1. The smallest absolute Gasteiger partial charge is 0.325 e. The van der Waals surface area contributed by atoms with E-state index in [4.69, 9.17) is 9.84 Å². The second kappa shape index (κ2) is 7.21. The first kappa shape index (κ1) is 15.5. The Hall–Kier alpha value is -1.89. The number of aromatic nitrogens is 2. The number of carbonyl (C=O) groups excluding carboxylic acids is 1. The predicted octanol–water partition coefficient (Wildman–Crippen LogP) is 1.64. The first-order chi connectivity index (χ1) is 10.1. The molecule has 2 rings (SSSR count). The van der Waals surface area contributed by atoms with Crippen LogP contribution in [0.3, 0.4) is 0 Å². The molecule has 21 heavy (non-hydrogen) atoms. The molecule has 1 heterocycles. The van der Waals surface area contributed by atoms with E-state index in [-0.39, 0.29) is 18.6 Å². The van der Waals surface area contributed by atoms with E-state index in [2.05, 4.69) is 10.4 Å². The molecule has 1 unspecified atom stereocenters. The third kappa shape index (κ3) is 4.56. The van der Waals surface area contributed by atoms with Crippen LogP contribution in [0.25, 0.3) is 0 Å². The zero-order valence-electron chi connectivity index (χ0n) is 12.1. The Bertz CT molecular complexity index is 494. The molecule has 1 fully saturated rings. The van der Waals surface area contributed by atoms with E-state index in [1.165, 1.54) is 10.9 Å². The van der Waals surface area contributed by atoms with Crippen molar-refractivity contribution in [2.45, 2.75) is 57.8 Å². The zero-order valence-corrected chi connectivity index (χ0v) is 12.1. The first-order valence-corrected chi connectivity index (χ1v) is 7.30. The van der Waals surface area contributed by atoms with Gasteiger partial charge in [-0.2, -0.15) is 5.10 Å². The molecule has 116 valence electrons. The van der Waals surface area contributed by atoms with Crippen LogP contribution in [0.2, 0.25) is 0 Å². The van der Waals surface area contributed by atoms with Crippen LogP contribution in [0, 0.1) is 0 Å². The van der Waals surface area contributed by atoms with Gasteiger partial charge in [0.05, 0.1) is 6.10 Å². The average Bonchev–Trinajstić information content (AvgIpc) is 3.07. The van der Waals surface area contributed by atoms with Gasteiger partial charge in [-0.1, -0.05) is 19.8 Å². The second-order valence-corrected chi connectivity index (χ2v) is 5.22. The maximum Gasteiger partial charge on any atom is 0.325 e. The van der Waals surface area contributed by atoms with Gasteiger partial charge >= 0.3 is 5.97 Å². The van der Waals surface area contributed by atoms with Crippen molar-refractivity contribution >= 4 is 17.7 Å². The number of anilines is 1. The SMILES string of the molecule is CCC(OC1CCCC1)C(=O)Nc1ccn(CC(=O)O)n1. The van der Waals surface area contributed by atoms with Crippen LogP contribution in [0.5, 0.6) is 0 Å². The van der Waals surface area contributed by atoms with Crippen LogP contribution in [-0.2, 0) is 20.9 Å². The van der Waals surface area contributed by atoms with Crippen molar-refractivity contribution < 1.29 is 19.4 Å². The number of nitrogens with one attached hydrogen (secondary N) is 1. The summed E-state index contributed by atoms with van der Waals surface area (Å²) in [4.78, 5) is 22.7. The highest BCUT2D eigenvalue weighted by Gasteiger charge is 2.24. The summed E-state index contributed by atoms with van der Waals surface area (Å²) in [6.07, 6.45) is 6.13. The lowest BCUT2D eigenvalue weighted by Crippen LogP contribution is -2.33. The van der Waals surface area contributed by atoms with Gasteiger partial charge in [-0.15, -0.1) is 0 Å².